The van der Waals surface area contributed by atoms with Crippen molar-refractivity contribution in [3.05, 3.63) is 53.8 Å². The van der Waals surface area contributed by atoms with E-state index in [0.29, 0.717) is 0 Å². The molecule has 20 heavy (non-hydrogen) atoms. The molecular weight excluding hydrogens is 293 g/mol. The first kappa shape index (κ1) is 14.2. The molecule has 0 unspecified atom stereocenters. The van der Waals surface area contributed by atoms with Gasteiger partial charge in [-0.3, -0.25) is 4.72 Å². The van der Waals surface area contributed by atoms with Crippen molar-refractivity contribution in [1.82, 2.24) is 0 Å². The Labute approximate surface area is 113 Å². The number of nitrogens with two attached hydrogens (primary N) is 1. The summed E-state index contributed by atoms with van der Waals surface area (Å²) in [6.07, 6.45) is 0. The van der Waals surface area contributed by atoms with Crippen molar-refractivity contribution in [2.45, 2.75) is 4.90 Å². The molecule has 0 radical (unpaired) electrons. The second kappa shape index (κ2) is 5.04. The van der Waals surface area contributed by atoms with Crippen LogP contribution in [0.3, 0.4) is 0 Å². The number of nitrogens with one attached hydrogen (secondary N) is 1. The maximum atomic E-state index is 13.5. The second-order valence-corrected chi connectivity index (χ2v) is 5.51. The summed E-state index contributed by atoms with van der Waals surface area (Å²) < 4.78 is 65.9. The minimum atomic E-state index is -4.61. The molecule has 2 aromatic rings. The average Bonchev–Trinajstić information content (AvgIpc) is 2.33. The Hall–Kier alpha value is -2.22. The van der Waals surface area contributed by atoms with Gasteiger partial charge < -0.3 is 5.73 Å². The molecule has 0 aliphatic carbocycles. The fraction of sp³-hybridized carbons (Fsp3) is 0. The summed E-state index contributed by atoms with van der Waals surface area (Å²) in [5.74, 6) is -3.47. The van der Waals surface area contributed by atoms with E-state index in [2.05, 4.69) is 0 Å². The number of anilines is 2. The van der Waals surface area contributed by atoms with E-state index in [-0.39, 0.29) is 5.69 Å². The zero-order valence-electron chi connectivity index (χ0n) is 9.90. The van der Waals surface area contributed by atoms with Crippen LogP contribution in [-0.2, 0) is 10.0 Å². The molecule has 0 amide bonds. The van der Waals surface area contributed by atoms with Crippen molar-refractivity contribution in [3.63, 3.8) is 0 Å². The van der Waals surface area contributed by atoms with Crippen molar-refractivity contribution in [3.8, 4) is 0 Å². The molecule has 0 aliphatic heterocycles. The Morgan fingerprint density at radius 1 is 0.950 bits per heavy atom. The molecule has 0 bridgehead atoms. The van der Waals surface area contributed by atoms with E-state index < -0.39 is 38.1 Å². The second-order valence-electron chi connectivity index (χ2n) is 3.90. The maximum Gasteiger partial charge on any atom is 0.267 e. The van der Waals surface area contributed by atoms with Crippen LogP contribution in [0, 0.1) is 17.5 Å². The fourth-order valence-electron chi connectivity index (χ4n) is 1.56. The molecule has 0 spiro atoms. The summed E-state index contributed by atoms with van der Waals surface area (Å²) in [6.45, 7) is 0. The van der Waals surface area contributed by atoms with Crippen LogP contribution in [0.4, 0.5) is 24.5 Å². The number of hydrogen-bond acceptors (Lipinski definition) is 3. The first-order valence-electron chi connectivity index (χ1n) is 5.33. The smallest absolute Gasteiger partial charge is 0.267 e. The Balaban J connectivity index is 2.49. The van der Waals surface area contributed by atoms with Crippen molar-refractivity contribution in [2.75, 3.05) is 10.5 Å². The number of hydrogen-bond donors (Lipinski definition) is 2. The molecule has 0 aliphatic rings. The topological polar surface area (TPSA) is 72.2 Å². The third kappa shape index (κ3) is 2.69. The van der Waals surface area contributed by atoms with Gasteiger partial charge in [-0.05, 0) is 30.3 Å². The van der Waals surface area contributed by atoms with Gasteiger partial charge >= 0.3 is 0 Å². The molecule has 0 heterocycles. The summed E-state index contributed by atoms with van der Waals surface area (Å²) in [7, 11) is -4.61. The van der Waals surface area contributed by atoms with Crippen molar-refractivity contribution in [2.24, 2.45) is 0 Å². The van der Waals surface area contributed by atoms with Crippen LogP contribution < -0.4 is 10.5 Å². The van der Waals surface area contributed by atoms with E-state index in [1.807, 2.05) is 0 Å². The average molecular weight is 302 g/mol. The van der Waals surface area contributed by atoms with Crippen LogP contribution >= 0.6 is 0 Å². The van der Waals surface area contributed by atoms with E-state index in [1.54, 1.807) is 4.72 Å². The lowest BCUT2D eigenvalue weighted by Gasteiger charge is -2.10. The predicted molar refractivity (Wildman–Crippen MR) is 68.0 cm³/mol. The van der Waals surface area contributed by atoms with E-state index in [1.165, 1.54) is 6.07 Å². The molecule has 2 rings (SSSR count). The highest BCUT2D eigenvalue weighted by molar-refractivity contribution is 7.92. The van der Waals surface area contributed by atoms with Gasteiger partial charge in [-0.25, -0.2) is 21.6 Å². The van der Waals surface area contributed by atoms with Gasteiger partial charge in [0.25, 0.3) is 10.0 Å². The minimum absolute atomic E-state index is 0.0955. The van der Waals surface area contributed by atoms with Crippen LogP contribution in [0.2, 0.25) is 0 Å². The molecule has 3 N–H and O–H groups in total. The summed E-state index contributed by atoms with van der Waals surface area (Å²) in [5.41, 5.74) is 5.00. The maximum absolute atomic E-state index is 13.5. The van der Waals surface area contributed by atoms with Crippen LogP contribution in [0.25, 0.3) is 0 Å². The van der Waals surface area contributed by atoms with E-state index in [4.69, 9.17) is 5.73 Å². The number of rotatable bonds is 3. The molecule has 0 atom stereocenters. The van der Waals surface area contributed by atoms with Gasteiger partial charge in [0, 0.05) is 5.69 Å². The monoisotopic (exact) mass is 302 g/mol. The highest BCUT2D eigenvalue weighted by Gasteiger charge is 2.24. The van der Waals surface area contributed by atoms with Crippen LogP contribution in [-0.4, -0.2) is 8.42 Å². The van der Waals surface area contributed by atoms with Gasteiger partial charge in [0.2, 0.25) is 0 Å². The molecule has 0 aromatic heterocycles. The van der Waals surface area contributed by atoms with Crippen molar-refractivity contribution in [1.29, 1.82) is 0 Å². The summed E-state index contributed by atoms with van der Waals surface area (Å²) in [5, 5.41) is 0. The number of benzene rings is 2. The van der Waals surface area contributed by atoms with E-state index >= 15 is 0 Å². The van der Waals surface area contributed by atoms with E-state index in [9.17, 15) is 21.6 Å². The first-order valence-corrected chi connectivity index (χ1v) is 6.81. The number of sulfonamides is 1. The Kier molecular flexibility index (Phi) is 3.58. The molecule has 8 heteroatoms. The molecule has 4 nitrogen and oxygen atoms in total. The van der Waals surface area contributed by atoms with Gasteiger partial charge in [0.15, 0.2) is 4.90 Å². The largest absolute Gasteiger partial charge is 0.399 e. The Morgan fingerprint density at radius 3 is 2.15 bits per heavy atom. The van der Waals surface area contributed by atoms with Gasteiger partial charge in [-0.1, -0.05) is 6.07 Å². The normalized spacial score (nSPS) is 11.3. The lowest BCUT2D eigenvalue weighted by atomic mass is 10.3. The number of nitrogen functional groups attached to an aromatic ring is 1. The minimum Gasteiger partial charge on any atom is -0.399 e. The lowest BCUT2D eigenvalue weighted by molar-refractivity contribution is 0.521. The van der Waals surface area contributed by atoms with E-state index in [0.717, 1.165) is 30.3 Å². The third-order valence-corrected chi connectivity index (χ3v) is 3.84. The van der Waals surface area contributed by atoms with Crippen LogP contribution in [0.1, 0.15) is 0 Å². The Bertz CT molecular complexity index is 743. The molecule has 0 saturated carbocycles. The molecule has 0 saturated heterocycles. The zero-order chi connectivity index (χ0) is 14.9. The van der Waals surface area contributed by atoms with Gasteiger partial charge in [0.1, 0.15) is 17.5 Å². The zero-order valence-corrected chi connectivity index (χ0v) is 10.7. The Morgan fingerprint density at radius 2 is 1.55 bits per heavy atom. The molecule has 2 aromatic carbocycles. The molecule has 0 fully saturated rings. The van der Waals surface area contributed by atoms with Gasteiger partial charge in [-0.15, -0.1) is 0 Å². The lowest BCUT2D eigenvalue weighted by Crippen LogP contribution is -2.17. The summed E-state index contributed by atoms with van der Waals surface area (Å²) in [6, 6.07) is 5.75. The summed E-state index contributed by atoms with van der Waals surface area (Å²) in [4.78, 5) is -1.18. The van der Waals surface area contributed by atoms with Crippen LogP contribution in [0.15, 0.2) is 41.3 Å². The van der Waals surface area contributed by atoms with Gasteiger partial charge in [-0.2, -0.15) is 0 Å². The SMILES string of the molecule is Nc1ccc(F)c(NS(=O)(=O)c2c(F)cccc2F)c1. The quantitative estimate of drug-likeness (QED) is 0.856. The van der Waals surface area contributed by atoms with Gasteiger partial charge in [0.05, 0.1) is 5.69 Å². The first-order chi connectivity index (χ1) is 9.31. The third-order valence-electron chi connectivity index (χ3n) is 2.42. The highest BCUT2D eigenvalue weighted by atomic mass is 32.2. The number of halogens is 3. The fourth-order valence-corrected chi connectivity index (χ4v) is 2.75. The standard InChI is InChI=1S/C12H9F3N2O2S/c13-8-5-4-7(16)6-11(8)17-20(18,19)12-9(14)2-1-3-10(12)15/h1-6,17H,16H2. The summed E-state index contributed by atoms with van der Waals surface area (Å²) >= 11 is 0. The van der Waals surface area contributed by atoms with Crippen molar-refractivity contribution >= 4 is 21.4 Å². The van der Waals surface area contributed by atoms with Crippen LogP contribution in [0.5, 0.6) is 0 Å². The molecular formula is C12H9F3N2O2S. The van der Waals surface area contributed by atoms with Crippen molar-refractivity contribution < 1.29 is 21.6 Å². The predicted octanol–water partition coefficient (Wildman–Crippen LogP) is 2.49. The molecule has 106 valence electrons. The highest BCUT2D eigenvalue weighted by Crippen LogP contribution is 2.24.